The van der Waals surface area contributed by atoms with Crippen LogP contribution >= 0.6 is 0 Å². The third kappa shape index (κ3) is 5.85. The molecule has 1 aliphatic rings. The van der Waals surface area contributed by atoms with E-state index in [1.165, 1.54) is 0 Å². The van der Waals surface area contributed by atoms with Gasteiger partial charge in [0.1, 0.15) is 5.75 Å². The van der Waals surface area contributed by atoms with E-state index in [0.717, 1.165) is 24.0 Å². The molecule has 1 unspecified atom stereocenters. The molecule has 0 aromatic heterocycles. The molecule has 0 aliphatic heterocycles. The molecule has 6 heteroatoms. The third-order valence-corrected chi connectivity index (χ3v) is 4.94. The van der Waals surface area contributed by atoms with E-state index < -0.39 is 6.10 Å². The van der Waals surface area contributed by atoms with Crippen molar-refractivity contribution < 1.29 is 14.3 Å². The van der Waals surface area contributed by atoms with Crippen molar-refractivity contribution in [3.05, 3.63) is 78.9 Å². The van der Waals surface area contributed by atoms with E-state index in [0.29, 0.717) is 17.1 Å². The molecular formula is C25H25N3O3. The molecule has 3 N–H and O–H groups in total. The van der Waals surface area contributed by atoms with Gasteiger partial charge in [-0.05, 0) is 61.2 Å². The highest BCUT2D eigenvalue weighted by Gasteiger charge is 2.23. The molecule has 1 saturated carbocycles. The van der Waals surface area contributed by atoms with Crippen molar-refractivity contribution in [1.29, 1.82) is 0 Å². The van der Waals surface area contributed by atoms with Crippen molar-refractivity contribution in [2.45, 2.75) is 31.9 Å². The molecular weight excluding hydrogens is 390 g/mol. The van der Waals surface area contributed by atoms with Gasteiger partial charge in [-0.1, -0.05) is 48.5 Å². The molecule has 0 radical (unpaired) electrons. The smallest absolute Gasteiger partial charge is 0.319 e. The summed E-state index contributed by atoms with van der Waals surface area (Å²) in [5.41, 5.74) is 3.41. The number of carbonyl (C=O) groups is 2. The van der Waals surface area contributed by atoms with E-state index in [-0.39, 0.29) is 18.0 Å². The number of rotatable bonds is 7. The lowest BCUT2D eigenvalue weighted by Crippen LogP contribution is -2.31. The van der Waals surface area contributed by atoms with E-state index in [1.807, 2.05) is 54.6 Å². The number of hydrogen-bond acceptors (Lipinski definition) is 3. The van der Waals surface area contributed by atoms with E-state index in [9.17, 15) is 9.59 Å². The Kier molecular flexibility index (Phi) is 6.17. The average Bonchev–Trinajstić information content (AvgIpc) is 3.59. The molecule has 3 aromatic rings. The molecule has 0 saturated heterocycles. The summed E-state index contributed by atoms with van der Waals surface area (Å²) >= 11 is 0. The Morgan fingerprint density at radius 2 is 1.48 bits per heavy atom. The Balaban J connectivity index is 1.32. The van der Waals surface area contributed by atoms with Crippen molar-refractivity contribution in [3.8, 4) is 16.9 Å². The van der Waals surface area contributed by atoms with E-state index in [1.54, 1.807) is 31.2 Å². The maximum absolute atomic E-state index is 12.6. The number of hydrogen-bond donors (Lipinski definition) is 3. The summed E-state index contributed by atoms with van der Waals surface area (Å²) in [5.74, 6) is 0.348. The Bertz CT molecular complexity index is 1050. The van der Waals surface area contributed by atoms with Crippen LogP contribution in [0.25, 0.3) is 11.1 Å². The van der Waals surface area contributed by atoms with Gasteiger partial charge in [0.05, 0.1) is 0 Å². The molecule has 158 valence electrons. The molecule has 6 nitrogen and oxygen atoms in total. The highest BCUT2D eigenvalue weighted by molar-refractivity contribution is 5.95. The Morgan fingerprint density at radius 3 is 2.16 bits per heavy atom. The highest BCUT2D eigenvalue weighted by atomic mass is 16.5. The summed E-state index contributed by atoms with van der Waals surface area (Å²) < 4.78 is 5.79. The van der Waals surface area contributed by atoms with Crippen LogP contribution < -0.4 is 20.7 Å². The fourth-order valence-corrected chi connectivity index (χ4v) is 3.11. The van der Waals surface area contributed by atoms with Crippen molar-refractivity contribution in [2.75, 3.05) is 10.6 Å². The Labute approximate surface area is 181 Å². The van der Waals surface area contributed by atoms with Gasteiger partial charge in [0.2, 0.25) is 0 Å². The largest absolute Gasteiger partial charge is 0.481 e. The number of ether oxygens (including phenoxy) is 1. The minimum Gasteiger partial charge on any atom is -0.481 e. The zero-order chi connectivity index (χ0) is 21.6. The average molecular weight is 415 g/mol. The van der Waals surface area contributed by atoms with Gasteiger partial charge in [-0.25, -0.2) is 4.79 Å². The predicted molar refractivity (Wildman–Crippen MR) is 122 cm³/mol. The number of nitrogens with one attached hydrogen (secondary N) is 3. The maximum Gasteiger partial charge on any atom is 0.319 e. The normalized spacial score (nSPS) is 13.7. The first-order valence-corrected chi connectivity index (χ1v) is 10.4. The lowest BCUT2D eigenvalue weighted by Gasteiger charge is -2.16. The van der Waals surface area contributed by atoms with Gasteiger partial charge >= 0.3 is 6.03 Å². The second kappa shape index (κ2) is 9.34. The first-order valence-electron chi connectivity index (χ1n) is 10.4. The van der Waals surface area contributed by atoms with Gasteiger partial charge < -0.3 is 20.7 Å². The topological polar surface area (TPSA) is 79.5 Å². The summed E-state index contributed by atoms with van der Waals surface area (Å²) in [4.78, 5) is 24.4. The summed E-state index contributed by atoms with van der Waals surface area (Å²) in [6.45, 7) is 1.70. The highest BCUT2D eigenvalue weighted by Crippen LogP contribution is 2.23. The monoisotopic (exact) mass is 415 g/mol. The van der Waals surface area contributed by atoms with Crippen molar-refractivity contribution in [2.24, 2.45) is 0 Å². The third-order valence-electron chi connectivity index (χ3n) is 4.94. The van der Waals surface area contributed by atoms with E-state index in [2.05, 4.69) is 16.0 Å². The summed E-state index contributed by atoms with van der Waals surface area (Å²) in [6.07, 6.45) is 1.37. The number of carbonyl (C=O) groups excluding carboxylic acids is 2. The van der Waals surface area contributed by atoms with Crippen molar-refractivity contribution in [1.82, 2.24) is 5.32 Å². The maximum atomic E-state index is 12.6. The van der Waals surface area contributed by atoms with Crippen LogP contribution in [-0.4, -0.2) is 24.1 Å². The fourth-order valence-electron chi connectivity index (χ4n) is 3.11. The number of amides is 3. The van der Waals surface area contributed by atoms with Crippen molar-refractivity contribution >= 4 is 23.3 Å². The fraction of sp³-hybridized carbons (Fsp3) is 0.200. The predicted octanol–water partition coefficient (Wildman–Crippen LogP) is 5.04. The van der Waals surface area contributed by atoms with E-state index >= 15 is 0 Å². The molecule has 0 spiro atoms. The quantitative estimate of drug-likeness (QED) is 0.506. The number of benzene rings is 3. The minimum atomic E-state index is -0.683. The molecule has 1 atom stereocenters. The Morgan fingerprint density at radius 1 is 0.839 bits per heavy atom. The van der Waals surface area contributed by atoms with Crippen LogP contribution in [0.2, 0.25) is 0 Å². The molecule has 0 heterocycles. The standard InChI is InChI=1S/C25H25N3O3/c1-17(31-23-14-10-19(11-15-23)18-6-3-2-4-7-18)24(29)26-21-8-5-9-22(16-21)28-25(30)27-20-12-13-20/h2-11,14-17,20H,12-13H2,1H3,(H,26,29)(H2,27,28,30). The zero-order valence-corrected chi connectivity index (χ0v) is 17.3. The SMILES string of the molecule is CC(Oc1ccc(-c2ccccc2)cc1)C(=O)Nc1cccc(NC(=O)NC2CC2)c1. The van der Waals surface area contributed by atoms with Crippen LogP contribution in [0.3, 0.4) is 0 Å². The van der Waals surface area contributed by atoms with Crippen LogP contribution in [0.4, 0.5) is 16.2 Å². The lowest BCUT2D eigenvalue weighted by molar-refractivity contribution is -0.122. The molecule has 31 heavy (non-hydrogen) atoms. The first-order chi connectivity index (χ1) is 15.1. The summed E-state index contributed by atoms with van der Waals surface area (Å²) in [6, 6.07) is 24.8. The van der Waals surface area contributed by atoms with Crippen molar-refractivity contribution in [3.63, 3.8) is 0 Å². The summed E-state index contributed by atoms with van der Waals surface area (Å²) in [7, 11) is 0. The van der Waals surface area contributed by atoms with Gasteiger partial charge in [0.25, 0.3) is 5.91 Å². The molecule has 4 rings (SSSR count). The van der Waals surface area contributed by atoms with Gasteiger partial charge in [0, 0.05) is 17.4 Å². The molecule has 1 aliphatic carbocycles. The summed E-state index contributed by atoms with van der Waals surface area (Å²) in [5, 5.41) is 8.48. The van der Waals surface area contributed by atoms with E-state index in [4.69, 9.17) is 4.74 Å². The van der Waals surface area contributed by atoms with Gasteiger partial charge in [0.15, 0.2) is 6.10 Å². The van der Waals surface area contributed by atoms with Gasteiger partial charge in [-0.15, -0.1) is 0 Å². The molecule has 0 bridgehead atoms. The second-order valence-corrected chi connectivity index (χ2v) is 7.59. The lowest BCUT2D eigenvalue weighted by atomic mass is 10.1. The molecule has 3 aromatic carbocycles. The van der Waals surface area contributed by atoms with Gasteiger partial charge in [-0.2, -0.15) is 0 Å². The molecule has 3 amide bonds. The Hall–Kier alpha value is -3.80. The van der Waals surface area contributed by atoms with Crippen LogP contribution in [0.5, 0.6) is 5.75 Å². The van der Waals surface area contributed by atoms with Crippen LogP contribution in [-0.2, 0) is 4.79 Å². The van der Waals surface area contributed by atoms with Crippen LogP contribution in [0.15, 0.2) is 78.9 Å². The number of anilines is 2. The first kappa shape index (κ1) is 20.5. The van der Waals surface area contributed by atoms with Crippen LogP contribution in [0.1, 0.15) is 19.8 Å². The van der Waals surface area contributed by atoms with Gasteiger partial charge in [-0.3, -0.25) is 4.79 Å². The minimum absolute atomic E-state index is 0.235. The second-order valence-electron chi connectivity index (χ2n) is 7.59. The number of urea groups is 1. The zero-order valence-electron chi connectivity index (χ0n) is 17.3. The molecule has 1 fully saturated rings. The van der Waals surface area contributed by atoms with Crippen LogP contribution in [0, 0.1) is 0 Å².